The fraction of sp³-hybridized carbons (Fsp3) is 0.632. The van der Waals surface area contributed by atoms with Gasteiger partial charge in [-0.25, -0.2) is 8.42 Å². The predicted molar refractivity (Wildman–Crippen MR) is 111 cm³/mol. The molecule has 2 aliphatic rings. The number of benzene rings is 1. The zero-order valence-corrected chi connectivity index (χ0v) is 18.1. The first-order valence-corrected chi connectivity index (χ1v) is 11.0. The smallest absolute Gasteiger partial charge is 0.253 e. The van der Waals surface area contributed by atoms with Gasteiger partial charge >= 0.3 is 0 Å². The highest BCUT2D eigenvalue weighted by atomic mass is 35.5. The fourth-order valence-corrected chi connectivity index (χ4v) is 5.58. The van der Waals surface area contributed by atoms with Crippen LogP contribution in [0, 0.1) is 5.92 Å². The number of piperidine rings is 1. The molecule has 2 aliphatic heterocycles. The van der Waals surface area contributed by atoms with Gasteiger partial charge in [0.15, 0.2) is 0 Å². The van der Waals surface area contributed by atoms with Crippen molar-refractivity contribution in [1.82, 2.24) is 9.21 Å². The van der Waals surface area contributed by atoms with Gasteiger partial charge in [-0.15, -0.1) is 12.4 Å². The average Bonchev–Trinajstić information content (AvgIpc) is 3.22. The van der Waals surface area contributed by atoms with Crippen molar-refractivity contribution in [3.8, 4) is 5.75 Å². The van der Waals surface area contributed by atoms with E-state index in [0.717, 1.165) is 25.7 Å². The largest absolute Gasteiger partial charge is 0.495 e. The van der Waals surface area contributed by atoms with Crippen LogP contribution < -0.4 is 10.5 Å². The summed E-state index contributed by atoms with van der Waals surface area (Å²) in [5.41, 5.74) is 6.39. The van der Waals surface area contributed by atoms with E-state index in [4.69, 9.17) is 10.5 Å². The van der Waals surface area contributed by atoms with E-state index in [-0.39, 0.29) is 40.9 Å². The van der Waals surface area contributed by atoms with Crippen LogP contribution in [0.2, 0.25) is 0 Å². The first kappa shape index (κ1) is 22.9. The molecule has 1 aromatic carbocycles. The molecule has 2 N–H and O–H groups in total. The third kappa shape index (κ3) is 4.62. The molecular formula is C19H30ClN3O4S. The Morgan fingerprint density at radius 2 is 1.89 bits per heavy atom. The maximum Gasteiger partial charge on any atom is 0.253 e. The van der Waals surface area contributed by atoms with Crippen LogP contribution in [0.4, 0.5) is 0 Å². The molecule has 3 rings (SSSR count). The van der Waals surface area contributed by atoms with Crippen LogP contribution >= 0.6 is 12.4 Å². The molecule has 1 amide bonds. The summed E-state index contributed by atoms with van der Waals surface area (Å²) >= 11 is 0. The Morgan fingerprint density at radius 3 is 2.50 bits per heavy atom. The summed E-state index contributed by atoms with van der Waals surface area (Å²) in [4.78, 5) is 14.9. The summed E-state index contributed by atoms with van der Waals surface area (Å²) in [6, 6.07) is 4.70. The van der Waals surface area contributed by atoms with Crippen LogP contribution in [0.5, 0.6) is 5.75 Å². The van der Waals surface area contributed by atoms with E-state index in [0.29, 0.717) is 31.7 Å². The summed E-state index contributed by atoms with van der Waals surface area (Å²) in [5.74, 6) is 0.389. The predicted octanol–water partition coefficient (Wildman–Crippen LogP) is 2.10. The van der Waals surface area contributed by atoms with E-state index in [9.17, 15) is 13.2 Å². The van der Waals surface area contributed by atoms with Crippen LogP contribution in [-0.2, 0) is 10.0 Å². The highest BCUT2D eigenvalue weighted by Gasteiger charge is 2.32. The van der Waals surface area contributed by atoms with Gasteiger partial charge in [0.1, 0.15) is 10.6 Å². The molecule has 0 saturated carbocycles. The molecule has 28 heavy (non-hydrogen) atoms. The number of rotatable bonds is 5. The number of likely N-dealkylation sites (tertiary alicyclic amines) is 1. The number of ether oxygens (including phenoxy) is 1. The van der Waals surface area contributed by atoms with Gasteiger partial charge in [-0.2, -0.15) is 4.31 Å². The van der Waals surface area contributed by atoms with Crippen molar-refractivity contribution in [2.75, 3.05) is 33.3 Å². The van der Waals surface area contributed by atoms with E-state index >= 15 is 0 Å². The van der Waals surface area contributed by atoms with Gasteiger partial charge in [0, 0.05) is 37.8 Å². The lowest BCUT2D eigenvalue weighted by atomic mass is 9.92. The molecule has 9 heteroatoms. The Labute approximate surface area is 173 Å². The van der Waals surface area contributed by atoms with Gasteiger partial charge in [-0.1, -0.05) is 0 Å². The van der Waals surface area contributed by atoms with E-state index in [2.05, 4.69) is 0 Å². The zero-order valence-electron chi connectivity index (χ0n) is 16.5. The van der Waals surface area contributed by atoms with Crippen LogP contribution in [0.25, 0.3) is 0 Å². The Hall–Kier alpha value is -1.35. The molecular weight excluding hydrogens is 402 g/mol. The maximum absolute atomic E-state index is 13.0. The van der Waals surface area contributed by atoms with Crippen LogP contribution in [0.15, 0.2) is 23.1 Å². The number of sulfonamides is 1. The lowest BCUT2D eigenvalue weighted by Gasteiger charge is -2.34. The molecule has 1 aromatic rings. The van der Waals surface area contributed by atoms with Crippen LogP contribution in [0.1, 0.15) is 43.0 Å². The molecule has 0 spiro atoms. The summed E-state index contributed by atoms with van der Waals surface area (Å²) in [6.45, 7) is 4.25. The number of carbonyl (C=O) groups excluding carboxylic acids is 1. The molecule has 0 aliphatic carbocycles. The maximum atomic E-state index is 13.0. The van der Waals surface area contributed by atoms with E-state index in [1.54, 1.807) is 17.0 Å². The molecule has 158 valence electrons. The second-order valence-corrected chi connectivity index (χ2v) is 9.40. The molecule has 7 nitrogen and oxygen atoms in total. The normalized spacial score (nSPS) is 21.8. The molecule has 2 unspecified atom stereocenters. The standard InChI is InChI=1S/C19H29N3O4S.ClH/c1-14(20)16-6-5-9-21(13-16)19(23)15-7-8-17(26-2)18(12-15)27(24,25)22-10-3-4-11-22;/h7-8,12,14,16H,3-6,9-11,13,20H2,1-2H3;1H. The molecule has 0 aromatic heterocycles. The number of hydrogen-bond acceptors (Lipinski definition) is 5. The van der Waals surface area contributed by atoms with Gasteiger partial charge in [0.05, 0.1) is 7.11 Å². The minimum Gasteiger partial charge on any atom is -0.495 e. The summed E-state index contributed by atoms with van der Waals surface area (Å²) in [6.07, 6.45) is 3.63. The van der Waals surface area contributed by atoms with Crippen molar-refractivity contribution < 1.29 is 17.9 Å². The van der Waals surface area contributed by atoms with Gasteiger partial charge < -0.3 is 15.4 Å². The number of halogens is 1. The van der Waals surface area contributed by atoms with Crippen molar-refractivity contribution in [3.63, 3.8) is 0 Å². The summed E-state index contributed by atoms with van der Waals surface area (Å²) < 4.78 is 32.8. The summed E-state index contributed by atoms with van der Waals surface area (Å²) in [5, 5.41) is 0. The van der Waals surface area contributed by atoms with E-state index < -0.39 is 10.0 Å². The number of nitrogens with two attached hydrogens (primary N) is 1. The van der Waals surface area contributed by atoms with Crippen molar-refractivity contribution in [2.24, 2.45) is 11.7 Å². The molecule has 2 heterocycles. The minimum absolute atomic E-state index is 0. The SMILES string of the molecule is COc1ccc(C(=O)N2CCCC(C(C)N)C2)cc1S(=O)(=O)N1CCCC1.Cl. The van der Waals surface area contributed by atoms with Gasteiger partial charge in [0.25, 0.3) is 5.91 Å². The Balaban J connectivity index is 0.00000280. The second kappa shape index (κ2) is 9.43. The Kier molecular flexibility index (Phi) is 7.73. The van der Waals surface area contributed by atoms with Crippen LogP contribution in [-0.4, -0.2) is 62.9 Å². The quantitative estimate of drug-likeness (QED) is 0.770. The molecule has 0 bridgehead atoms. The number of amides is 1. The minimum atomic E-state index is -3.67. The van der Waals surface area contributed by atoms with Crippen molar-refractivity contribution >= 4 is 28.3 Å². The van der Waals surface area contributed by atoms with E-state index in [1.165, 1.54) is 17.5 Å². The van der Waals surface area contributed by atoms with Gasteiger partial charge in [-0.05, 0) is 56.7 Å². The third-order valence-corrected chi connectivity index (χ3v) is 7.50. The fourth-order valence-electron chi connectivity index (χ4n) is 3.89. The number of nitrogens with zero attached hydrogens (tertiary/aromatic N) is 2. The first-order chi connectivity index (χ1) is 12.8. The molecule has 0 radical (unpaired) electrons. The average molecular weight is 432 g/mol. The van der Waals surface area contributed by atoms with Gasteiger partial charge in [-0.3, -0.25) is 4.79 Å². The van der Waals surface area contributed by atoms with Gasteiger partial charge in [0.2, 0.25) is 10.0 Å². The Bertz CT molecular complexity index is 794. The van der Waals surface area contributed by atoms with Crippen molar-refractivity contribution in [1.29, 1.82) is 0 Å². The summed E-state index contributed by atoms with van der Waals surface area (Å²) in [7, 11) is -2.23. The van der Waals surface area contributed by atoms with Crippen LogP contribution in [0.3, 0.4) is 0 Å². The number of carbonyl (C=O) groups is 1. The highest BCUT2D eigenvalue weighted by molar-refractivity contribution is 7.89. The lowest BCUT2D eigenvalue weighted by molar-refractivity contribution is 0.0660. The monoisotopic (exact) mass is 431 g/mol. The molecule has 2 fully saturated rings. The second-order valence-electron chi connectivity index (χ2n) is 7.49. The van der Waals surface area contributed by atoms with E-state index in [1.807, 2.05) is 6.92 Å². The molecule has 2 saturated heterocycles. The van der Waals surface area contributed by atoms with Crippen molar-refractivity contribution in [3.05, 3.63) is 23.8 Å². The topological polar surface area (TPSA) is 92.9 Å². The van der Waals surface area contributed by atoms with Crippen molar-refractivity contribution in [2.45, 2.75) is 43.5 Å². The Morgan fingerprint density at radius 1 is 1.21 bits per heavy atom. The first-order valence-electron chi connectivity index (χ1n) is 9.57. The third-order valence-electron chi connectivity index (χ3n) is 5.58. The molecule has 2 atom stereocenters. The zero-order chi connectivity index (χ0) is 19.6. The lowest BCUT2D eigenvalue weighted by Crippen LogP contribution is -2.45. The highest BCUT2D eigenvalue weighted by Crippen LogP contribution is 2.30. The number of methoxy groups -OCH3 is 1. The number of hydrogen-bond donors (Lipinski definition) is 1.